The molecule has 0 unspecified atom stereocenters. The number of nitrogens with zero attached hydrogens (tertiary/aromatic N) is 5. The molecule has 0 radical (unpaired) electrons. The third kappa shape index (κ3) is 3.78. The summed E-state index contributed by atoms with van der Waals surface area (Å²) in [6, 6.07) is 11.9. The number of anilines is 1. The van der Waals surface area contributed by atoms with E-state index in [0.717, 1.165) is 0 Å². The van der Waals surface area contributed by atoms with E-state index in [2.05, 4.69) is 20.5 Å². The second kappa shape index (κ2) is 7.68. The standard InChI is InChI=1S/C19H14N6O3S/c1-24-9-8-20-19(24)29-16-7-6-12(10-15(16)25(27)28)11-21-23-17-13-4-2-3-5-14(13)22-18(17)26/h2-11H,1H3,(H,22,23,26). The summed E-state index contributed by atoms with van der Waals surface area (Å²) in [7, 11) is 1.82. The highest BCUT2D eigenvalue weighted by atomic mass is 32.2. The van der Waals surface area contributed by atoms with E-state index in [1.165, 1.54) is 24.0 Å². The van der Waals surface area contributed by atoms with E-state index in [9.17, 15) is 14.9 Å². The van der Waals surface area contributed by atoms with Gasteiger partial charge >= 0.3 is 0 Å². The van der Waals surface area contributed by atoms with Gasteiger partial charge in [0.05, 0.1) is 21.7 Å². The molecule has 3 aromatic rings. The molecule has 10 heteroatoms. The van der Waals surface area contributed by atoms with E-state index in [1.807, 2.05) is 13.1 Å². The molecule has 144 valence electrons. The Morgan fingerprint density at radius 2 is 2.10 bits per heavy atom. The number of imidazole rings is 1. The Kier molecular flexibility index (Phi) is 4.92. The molecule has 0 fully saturated rings. The Morgan fingerprint density at radius 1 is 1.28 bits per heavy atom. The van der Waals surface area contributed by atoms with Crippen LogP contribution in [0, 0.1) is 10.1 Å². The summed E-state index contributed by atoms with van der Waals surface area (Å²) < 4.78 is 1.78. The number of nitro benzene ring substituents is 1. The van der Waals surface area contributed by atoms with Crippen molar-refractivity contribution in [3.05, 3.63) is 76.1 Å². The summed E-state index contributed by atoms with van der Waals surface area (Å²) in [6.07, 6.45) is 4.78. The van der Waals surface area contributed by atoms with Crippen molar-refractivity contribution in [2.45, 2.75) is 10.1 Å². The number of carbonyl (C=O) groups excluding carboxylic acids is 1. The molecule has 1 aliphatic heterocycles. The van der Waals surface area contributed by atoms with Gasteiger partial charge in [0.25, 0.3) is 11.6 Å². The second-order valence-electron chi connectivity index (χ2n) is 6.10. The van der Waals surface area contributed by atoms with Crippen LogP contribution in [0.3, 0.4) is 0 Å². The molecule has 9 nitrogen and oxygen atoms in total. The molecule has 0 aliphatic carbocycles. The van der Waals surface area contributed by atoms with Crippen molar-refractivity contribution in [3.8, 4) is 0 Å². The van der Waals surface area contributed by atoms with E-state index in [4.69, 9.17) is 0 Å². The molecule has 2 heterocycles. The number of hydrogen-bond acceptors (Lipinski definition) is 7. The van der Waals surface area contributed by atoms with Gasteiger partial charge in [-0.05, 0) is 23.9 Å². The Morgan fingerprint density at radius 3 is 2.86 bits per heavy atom. The second-order valence-corrected chi connectivity index (χ2v) is 7.11. The fraction of sp³-hybridized carbons (Fsp3) is 0.0526. The number of carbonyl (C=O) groups is 1. The number of benzene rings is 2. The average molecular weight is 406 g/mol. The predicted molar refractivity (Wildman–Crippen MR) is 110 cm³/mol. The SMILES string of the molecule is Cn1ccnc1Sc1ccc(C=N/N=C2\C(=O)Nc3ccccc32)cc1[N+](=O)[O-]. The molecule has 1 amide bonds. The Labute approximate surface area is 169 Å². The molecule has 0 saturated carbocycles. The van der Waals surface area contributed by atoms with Crippen molar-refractivity contribution >= 4 is 41.0 Å². The van der Waals surface area contributed by atoms with Gasteiger partial charge in [-0.2, -0.15) is 5.10 Å². The molecule has 1 N–H and O–H groups in total. The molecule has 0 saturated heterocycles. The molecule has 0 spiro atoms. The third-order valence-electron chi connectivity index (χ3n) is 4.17. The molecule has 0 atom stereocenters. The van der Waals surface area contributed by atoms with Gasteiger partial charge in [0.1, 0.15) is 0 Å². The van der Waals surface area contributed by atoms with Crippen molar-refractivity contribution < 1.29 is 9.72 Å². The highest BCUT2D eigenvalue weighted by Gasteiger charge is 2.25. The number of nitro groups is 1. The number of para-hydroxylation sites is 1. The minimum Gasteiger partial charge on any atom is -0.329 e. The molecule has 0 bridgehead atoms. The van der Waals surface area contributed by atoms with Crippen molar-refractivity contribution in [1.29, 1.82) is 0 Å². The summed E-state index contributed by atoms with van der Waals surface area (Å²) in [6.45, 7) is 0. The normalized spacial score (nSPS) is 14.4. The topological polar surface area (TPSA) is 115 Å². The van der Waals surface area contributed by atoms with Crippen molar-refractivity contribution in [2.24, 2.45) is 17.3 Å². The monoisotopic (exact) mass is 406 g/mol. The number of hydrogen-bond donors (Lipinski definition) is 1. The van der Waals surface area contributed by atoms with E-state index >= 15 is 0 Å². The van der Waals surface area contributed by atoms with Gasteiger partial charge in [0.2, 0.25) is 0 Å². The van der Waals surface area contributed by atoms with Gasteiger partial charge in [0, 0.05) is 36.6 Å². The smallest absolute Gasteiger partial charge is 0.283 e. The summed E-state index contributed by atoms with van der Waals surface area (Å²) in [5.74, 6) is -0.337. The van der Waals surface area contributed by atoms with Gasteiger partial charge in [-0.25, -0.2) is 4.98 Å². The van der Waals surface area contributed by atoms with Crippen LogP contribution in [-0.4, -0.2) is 32.3 Å². The van der Waals surface area contributed by atoms with Crippen LogP contribution in [0.25, 0.3) is 0 Å². The van der Waals surface area contributed by atoms with Gasteiger partial charge < -0.3 is 9.88 Å². The molecule has 2 aromatic carbocycles. The maximum absolute atomic E-state index is 12.0. The summed E-state index contributed by atoms with van der Waals surface area (Å²) >= 11 is 1.21. The molecular formula is C19H14N6O3S. The average Bonchev–Trinajstić information content (AvgIpc) is 3.25. The minimum absolute atomic E-state index is 0.0569. The fourth-order valence-corrected chi connectivity index (χ4v) is 3.64. The molecule has 29 heavy (non-hydrogen) atoms. The third-order valence-corrected chi connectivity index (χ3v) is 5.31. The molecule has 4 rings (SSSR count). The quantitative estimate of drug-likeness (QED) is 0.397. The van der Waals surface area contributed by atoms with Gasteiger partial charge in [-0.1, -0.05) is 24.3 Å². The lowest BCUT2D eigenvalue weighted by Crippen LogP contribution is -2.13. The largest absolute Gasteiger partial charge is 0.329 e. The summed E-state index contributed by atoms with van der Waals surface area (Å²) in [5, 5.41) is 22.8. The highest BCUT2D eigenvalue weighted by molar-refractivity contribution is 7.99. The number of aryl methyl sites for hydroxylation is 1. The van der Waals surface area contributed by atoms with Gasteiger partial charge in [0.15, 0.2) is 10.9 Å². The lowest BCUT2D eigenvalue weighted by molar-refractivity contribution is -0.387. The number of amides is 1. The fourth-order valence-electron chi connectivity index (χ4n) is 2.75. The zero-order chi connectivity index (χ0) is 20.4. The van der Waals surface area contributed by atoms with Crippen molar-refractivity contribution in [2.75, 3.05) is 5.32 Å². The first-order valence-corrected chi connectivity index (χ1v) is 9.30. The van der Waals surface area contributed by atoms with E-state index in [-0.39, 0.29) is 17.3 Å². The number of rotatable bonds is 5. The van der Waals surface area contributed by atoms with Crippen LogP contribution >= 0.6 is 11.8 Å². The minimum atomic E-state index is -0.449. The van der Waals surface area contributed by atoms with Gasteiger partial charge in [-0.15, -0.1) is 5.10 Å². The van der Waals surface area contributed by atoms with E-state index in [0.29, 0.717) is 26.9 Å². The number of aromatic nitrogens is 2. The number of fused-ring (bicyclic) bond motifs is 1. The van der Waals surface area contributed by atoms with Crippen LogP contribution < -0.4 is 5.32 Å². The summed E-state index contributed by atoms with van der Waals surface area (Å²) in [5.41, 5.74) is 1.99. The van der Waals surface area contributed by atoms with Crippen LogP contribution in [0.2, 0.25) is 0 Å². The Bertz CT molecular complexity index is 1180. The van der Waals surface area contributed by atoms with Crippen LogP contribution in [0.4, 0.5) is 11.4 Å². The predicted octanol–water partition coefficient (Wildman–Crippen LogP) is 3.25. The first-order chi connectivity index (χ1) is 14.0. The first-order valence-electron chi connectivity index (χ1n) is 8.48. The van der Waals surface area contributed by atoms with Crippen LogP contribution in [0.5, 0.6) is 0 Å². The maximum Gasteiger partial charge on any atom is 0.283 e. The molecular weight excluding hydrogens is 392 g/mol. The first kappa shape index (κ1) is 18.6. The van der Waals surface area contributed by atoms with Crippen LogP contribution in [0.15, 0.2) is 75.1 Å². The van der Waals surface area contributed by atoms with E-state index < -0.39 is 4.92 Å². The Balaban J connectivity index is 1.59. The van der Waals surface area contributed by atoms with E-state index in [1.54, 1.807) is 47.3 Å². The highest BCUT2D eigenvalue weighted by Crippen LogP contribution is 2.34. The zero-order valence-corrected chi connectivity index (χ0v) is 16.0. The van der Waals surface area contributed by atoms with Gasteiger partial charge in [-0.3, -0.25) is 14.9 Å². The van der Waals surface area contributed by atoms with Crippen LogP contribution in [-0.2, 0) is 11.8 Å². The zero-order valence-electron chi connectivity index (χ0n) is 15.1. The molecule has 1 aliphatic rings. The summed E-state index contributed by atoms with van der Waals surface area (Å²) in [4.78, 5) is 27.7. The Hall–Kier alpha value is -3.79. The molecule has 1 aromatic heterocycles. The van der Waals surface area contributed by atoms with Crippen molar-refractivity contribution in [3.63, 3.8) is 0 Å². The lowest BCUT2D eigenvalue weighted by Gasteiger charge is -2.03. The number of nitrogens with one attached hydrogen (secondary N) is 1. The van der Waals surface area contributed by atoms with Crippen LogP contribution in [0.1, 0.15) is 11.1 Å². The van der Waals surface area contributed by atoms with Crippen molar-refractivity contribution in [1.82, 2.24) is 9.55 Å². The lowest BCUT2D eigenvalue weighted by atomic mass is 10.1. The maximum atomic E-state index is 12.0.